The van der Waals surface area contributed by atoms with Crippen LogP contribution in [0.3, 0.4) is 0 Å². The van der Waals surface area contributed by atoms with Gasteiger partial charge in [0.2, 0.25) is 5.91 Å². The predicted molar refractivity (Wildman–Crippen MR) is 150 cm³/mol. The highest BCUT2D eigenvalue weighted by Crippen LogP contribution is 2.21. The minimum absolute atomic E-state index is 0.185. The molecule has 0 aliphatic carbocycles. The van der Waals surface area contributed by atoms with Crippen molar-refractivity contribution >= 4 is 12.0 Å². The van der Waals surface area contributed by atoms with Crippen LogP contribution in [0.1, 0.15) is 50.3 Å². The van der Waals surface area contributed by atoms with E-state index in [0.29, 0.717) is 19.4 Å². The maximum atomic E-state index is 12.8. The number of hydrogen-bond acceptors (Lipinski definition) is 4. The first-order chi connectivity index (χ1) is 18.1. The Hall–Kier alpha value is -3.86. The monoisotopic (exact) mass is 501 g/mol. The molecule has 5 nitrogen and oxygen atoms in total. The third-order valence-corrected chi connectivity index (χ3v) is 5.64. The molecule has 3 aromatic carbocycles. The number of hydrogen-bond donors (Lipinski definition) is 0. The topological polar surface area (TPSA) is 55.8 Å². The molecule has 1 atom stereocenters. The highest BCUT2D eigenvalue weighted by atomic mass is 16.6. The number of benzene rings is 3. The number of amides is 2. The Balaban J connectivity index is 0.000000898. The van der Waals surface area contributed by atoms with Gasteiger partial charge in [-0.25, -0.2) is 9.69 Å². The van der Waals surface area contributed by atoms with Gasteiger partial charge in [0.05, 0.1) is 6.04 Å². The van der Waals surface area contributed by atoms with Crippen molar-refractivity contribution in [3.05, 3.63) is 114 Å². The Kier molecular flexibility index (Phi) is 13.3. The quantitative estimate of drug-likeness (QED) is 0.287. The van der Waals surface area contributed by atoms with Crippen molar-refractivity contribution in [2.24, 2.45) is 0 Å². The number of carbonyl (C=O) groups excluding carboxylic acids is 2. The van der Waals surface area contributed by atoms with Crippen molar-refractivity contribution in [1.29, 1.82) is 0 Å². The lowest BCUT2D eigenvalue weighted by Crippen LogP contribution is -2.39. The van der Waals surface area contributed by atoms with E-state index in [1.807, 2.05) is 93.6 Å². The highest BCUT2D eigenvalue weighted by molar-refractivity contribution is 5.93. The van der Waals surface area contributed by atoms with Gasteiger partial charge in [0.25, 0.3) is 0 Å². The summed E-state index contributed by atoms with van der Waals surface area (Å²) in [7, 11) is 0. The van der Waals surface area contributed by atoms with Crippen molar-refractivity contribution in [3.8, 4) is 5.75 Å². The molecule has 0 unspecified atom stereocenters. The molecule has 4 rings (SSSR count). The fraction of sp³-hybridized carbons (Fsp3) is 0.312. The van der Waals surface area contributed by atoms with Gasteiger partial charge in [-0.15, -0.1) is 6.58 Å². The summed E-state index contributed by atoms with van der Waals surface area (Å²) in [5, 5.41) is 0. The van der Waals surface area contributed by atoms with Crippen molar-refractivity contribution in [1.82, 2.24) is 4.90 Å². The Labute approximate surface area is 221 Å². The summed E-state index contributed by atoms with van der Waals surface area (Å²) in [6, 6.07) is 27.6. The van der Waals surface area contributed by atoms with Crippen LogP contribution in [0, 0.1) is 0 Å². The van der Waals surface area contributed by atoms with Crippen LogP contribution in [0.15, 0.2) is 97.6 Å². The second-order valence-corrected chi connectivity index (χ2v) is 8.35. The first kappa shape index (κ1) is 29.4. The molecule has 0 radical (unpaired) electrons. The van der Waals surface area contributed by atoms with E-state index in [-0.39, 0.29) is 25.0 Å². The Morgan fingerprint density at radius 2 is 1.46 bits per heavy atom. The third-order valence-electron chi connectivity index (χ3n) is 5.64. The molecule has 0 bridgehead atoms. The lowest BCUT2D eigenvalue weighted by molar-refractivity contribution is -0.129. The van der Waals surface area contributed by atoms with Crippen LogP contribution >= 0.6 is 0 Å². The average molecular weight is 502 g/mol. The molecular formula is C32H39NO4. The van der Waals surface area contributed by atoms with Gasteiger partial charge in [0.15, 0.2) is 0 Å². The van der Waals surface area contributed by atoms with Crippen LogP contribution in [0.4, 0.5) is 4.79 Å². The van der Waals surface area contributed by atoms with Crippen molar-refractivity contribution in [2.75, 3.05) is 6.61 Å². The van der Waals surface area contributed by atoms with Crippen LogP contribution in [-0.4, -0.2) is 29.5 Å². The van der Waals surface area contributed by atoms with Gasteiger partial charge in [-0.1, -0.05) is 92.7 Å². The SMILES string of the molecule is C=CC.CC.O=C(CCc1ccc(OCc2ccccc2)cc1)N1C(=O)OC[C@@H]1CCc1ccccc1. The van der Waals surface area contributed by atoms with Crippen LogP contribution in [-0.2, 0) is 29.0 Å². The molecular weight excluding hydrogens is 462 g/mol. The van der Waals surface area contributed by atoms with E-state index in [2.05, 4.69) is 18.7 Å². The molecule has 196 valence electrons. The molecule has 2 amide bonds. The first-order valence-electron chi connectivity index (χ1n) is 13.0. The number of allylic oxidation sites excluding steroid dienone is 1. The van der Waals surface area contributed by atoms with E-state index in [0.717, 1.165) is 23.3 Å². The molecule has 37 heavy (non-hydrogen) atoms. The van der Waals surface area contributed by atoms with E-state index in [4.69, 9.17) is 9.47 Å². The number of rotatable bonds is 9. The number of aryl methyl sites for hydroxylation is 2. The smallest absolute Gasteiger partial charge is 0.416 e. The normalized spacial score (nSPS) is 13.9. The van der Waals surface area contributed by atoms with Gasteiger partial charge >= 0.3 is 6.09 Å². The van der Waals surface area contributed by atoms with E-state index in [1.54, 1.807) is 6.08 Å². The molecule has 1 fully saturated rings. The zero-order valence-electron chi connectivity index (χ0n) is 22.3. The largest absolute Gasteiger partial charge is 0.489 e. The van der Waals surface area contributed by atoms with Gasteiger partial charge in [-0.05, 0) is 55.0 Å². The zero-order valence-corrected chi connectivity index (χ0v) is 22.3. The molecule has 3 aromatic rings. The maximum Gasteiger partial charge on any atom is 0.416 e. The zero-order chi connectivity index (χ0) is 26.9. The number of carbonyl (C=O) groups is 2. The number of cyclic esters (lactones) is 1. The van der Waals surface area contributed by atoms with E-state index in [1.165, 1.54) is 10.5 Å². The summed E-state index contributed by atoms with van der Waals surface area (Å²) < 4.78 is 11.0. The summed E-state index contributed by atoms with van der Waals surface area (Å²) in [4.78, 5) is 26.2. The van der Waals surface area contributed by atoms with Crippen LogP contribution in [0.5, 0.6) is 5.75 Å². The molecule has 0 spiro atoms. The summed E-state index contributed by atoms with van der Waals surface area (Å²) in [6.45, 7) is 10.0. The molecule has 0 aromatic heterocycles. The van der Waals surface area contributed by atoms with Gasteiger partial charge in [0, 0.05) is 6.42 Å². The van der Waals surface area contributed by atoms with Crippen molar-refractivity contribution in [3.63, 3.8) is 0 Å². The predicted octanol–water partition coefficient (Wildman–Crippen LogP) is 7.40. The van der Waals surface area contributed by atoms with E-state index in [9.17, 15) is 9.59 Å². The van der Waals surface area contributed by atoms with Crippen LogP contribution in [0.25, 0.3) is 0 Å². The maximum absolute atomic E-state index is 12.8. The van der Waals surface area contributed by atoms with Gasteiger partial charge in [0.1, 0.15) is 19.0 Å². The Bertz CT molecular complexity index is 1060. The van der Waals surface area contributed by atoms with Crippen molar-refractivity contribution in [2.45, 2.75) is 59.1 Å². The lowest BCUT2D eigenvalue weighted by atomic mass is 10.0. The van der Waals surface area contributed by atoms with Gasteiger partial charge < -0.3 is 9.47 Å². The summed E-state index contributed by atoms with van der Waals surface area (Å²) in [5.74, 6) is 0.600. The van der Waals surface area contributed by atoms with Gasteiger partial charge in [-0.3, -0.25) is 4.79 Å². The van der Waals surface area contributed by atoms with E-state index < -0.39 is 6.09 Å². The molecule has 5 heteroatoms. The third kappa shape index (κ3) is 9.96. The number of ether oxygens (including phenoxy) is 2. The fourth-order valence-electron chi connectivity index (χ4n) is 3.82. The molecule has 1 aliphatic rings. The Morgan fingerprint density at radius 3 is 2.05 bits per heavy atom. The van der Waals surface area contributed by atoms with E-state index >= 15 is 0 Å². The number of imide groups is 1. The highest BCUT2D eigenvalue weighted by Gasteiger charge is 2.37. The molecule has 0 saturated carbocycles. The van der Waals surface area contributed by atoms with Crippen molar-refractivity contribution < 1.29 is 19.1 Å². The molecule has 0 N–H and O–H groups in total. The molecule has 1 saturated heterocycles. The summed E-state index contributed by atoms with van der Waals surface area (Å²) >= 11 is 0. The number of nitrogens with zero attached hydrogens (tertiary/aromatic N) is 1. The summed E-state index contributed by atoms with van der Waals surface area (Å²) in [6.07, 6.45) is 3.55. The van der Waals surface area contributed by atoms with Crippen LogP contribution < -0.4 is 4.74 Å². The minimum Gasteiger partial charge on any atom is -0.489 e. The fourth-order valence-corrected chi connectivity index (χ4v) is 3.82. The second kappa shape index (κ2) is 16.7. The van der Waals surface area contributed by atoms with Crippen LogP contribution in [0.2, 0.25) is 0 Å². The second-order valence-electron chi connectivity index (χ2n) is 8.35. The standard InChI is InChI=1S/C27H27NO4.C3H6.C2H6/c29-26(28-24(20-32-27(28)30)15-11-21-7-3-1-4-8-21)18-14-22-12-16-25(17-13-22)31-19-23-9-5-2-6-10-23;1-3-2;1-2/h1-10,12-13,16-17,24H,11,14-15,18-20H2;3H,1H2,2H3;1-2H3/t24-;;/m0../s1. The summed E-state index contributed by atoms with van der Waals surface area (Å²) in [5.41, 5.74) is 3.33. The average Bonchev–Trinajstić information content (AvgIpc) is 3.33. The Morgan fingerprint density at radius 1 is 0.919 bits per heavy atom. The first-order valence-corrected chi connectivity index (χ1v) is 13.0. The molecule has 1 heterocycles. The van der Waals surface area contributed by atoms with Gasteiger partial charge in [-0.2, -0.15) is 0 Å². The molecule has 1 aliphatic heterocycles. The minimum atomic E-state index is -0.530. The lowest BCUT2D eigenvalue weighted by Gasteiger charge is -2.19.